The van der Waals surface area contributed by atoms with Crippen LogP contribution in [0.4, 0.5) is 0 Å². The molecule has 0 saturated heterocycles. The van der Waals surface area contributed by atoms with Gasteiger partial charge in [-0.15, -0.1) is 0 Å². The molecule has 1 aliphatic heterocycles. The van der Waals surface area contributed by atoms with Crippen molar-refractivity contribution in [2.24, 2.45) is 0 Å². The molecule has 0 radical (unpaired) electrons. The zero-order chi connectivity index (χ0) is 13.2. The van der Waals surface area contributed by atoms with Gasteiger partial charge in [0.2, 0.25) is 0 Å². The largest absolute Gasteiger partial charge is 0.478 e. The predicted molar refractivity (Wildman–Crippen MR) is 77.0 cm³/mol. The van der Waals surface area contributed by atoms with Crippen molar-refractivity contribution in [2.45, 2.75) is 25.9 Å². The fraction of sp³-hybridized carbons (Fsp3) is 0.294. The van der Waals surface area contributed by atoms with Gasteiger partial charge < -0.3 is 4.74 Å². The Labute approximate surface area is 114 Å². The lowest BCUT2D eigenvalue weighted by Crippen LogP contribution is -2.37. The molecule has 3 rings (SSSR count). The van der Waals surface area contributed by atoms with Crippen LogP contribution in [0, 0.1) is 0 Å². The van der Waals surface area contributed by atoms with Gasteiger partial charge in [0.25, 0.3) is 0 Å². The Hall–Kier alpha value is -1.80. The molecule has 0 amide bonds. The van der Waals surface area contributed by atoms with Crippen molar-refractivity contribution in [3.63, 3.8) is 0 Å². The maximum Gasteiger partial charge on any atom is 0.143 e. The number of ether oxygens (including phenoxy) is 1. The van der Waals surface area contributed by atoms with E-state index in [-0.39, 0.29) is 0 Å². The summed E-state index contributed by atoms with van der Waals surface area (Å²) in [4.78, 5) is 2.39. The maximum absolute atomic E-state index is 5.88. The minimum absolute atomic E-state index is 0.351. The molecule has 1 heterocycles. The summed E-state index contributed by atoms with van der Waals surface area (Å²) in [5.74, 6) is 1.02. The molecule has 0 bridgehead atoms. The van der Waals surface area contributed by atoms with E-state index in [0.717, 1.165) is 5.75 Å². The molecular weight excluding hydrogens is 234 g/mol. The highest BCUT2D eigenvalue weighted by Crippen LogP contribution is 2.37. The Bertz CT molecular complexity index is 552. The number of nitrogens with zero attached hydrogens (tertiary/aromatic N) is 1. The van der Waals surface area contributed by atoms with Crippen LogP contribution in [-0.4, -0.2) is 11.6 Å². The van der Waals surface area contributed by atoms with Gasteiger partial charge in [0.15, 0.2) is 0 Å². The lowest BCUT2D eigenvalue weighted by molar-refractivity contribution is 0.0321. The van der Waals surface area contributed by atoms with E-state index in [2.05, 4.69) is 67.3 Å². The Balaban J connectivity index is 1.88. The Kier molecular flexibility index (Phi) is 3.26. The van der Waals surface area contributed by atoms with Crippen molar-refractivity contribution >= 4 is 0 Å². The van der Waals surface area contributed by atoms with Gasteiger partial charge in [-0.05, 0) is 25.5 Å². The summed E-state index contributed by atoms with van der Waals surface area (Å²) in [7, 11) is 0. The normalized spacial score (nSPS) is 20.4. The first kappa shape index (κ1) is 12.2. The standard InChI is InChI=1S/C17H19NO/c1-13(15-8-4-3-5-9-15)18-12-19-17-11-7-6-10-16(17)14(18)2/h3-11,13-14H,12H2,1-2H3/t13-,14+/m1/s1. The molecule has 2 atom stereocenters. The van der Waals surface area contributed by atoms with Crippen molar-refractivity contribution in [1.82, 2.24) is 4.90 Å². The highest BCUT2D eigenvalue weighted by atomic mass is 16.5. The summed E-state index contributed by atoms with van der Waals surface area (Å²) in [5.41, 5.74) is 2.61. The van der Waals surface area contributed by atoms with Crippen LogP contribution in [0.1, 0.15) is 37.1 Å². The molecule has 0 aliphatic carbocycles. The van der Waals surface area contributed by atoms with Gasteiger partial charge in [-0.3, -0.25) is 4.90 Å². The van der Waals surface area contributed by atoms with E-state index < -0.39 is 0 Å². The van der Waals surface area contributed by atoms with Gasteiger partial charge in [0.1, 0.15) is 12.5 Å². The molecule has 0 saturated carbocycles. The molecule has 0 aromatic heterocycles. The molecule has 0 N–H and O–H groups in total. The summed E-state index contributed by atoms with van der Waals surface area (Å²) in [6.45, 7) is 5.14. The highest BCUT2D eigenvalue weighted by Gasteiger charge is 2.28. The average Bonchev–Trinajstić information content (AvgIpc) is 2.48. The van der Waals surface area contributed by atoms with Gasteiger partial charge in [-0.2, -0.15) is 0 Å². The fourth-order valence-corrected chi connectivity index (χ4v) is 2.76. The molecule has 0 fully saturated rings. The summed E-state index contributed by atoms with van der Waals surface area (Å²) < 4.78 is 5.88. The van der Waals surface area contributed by atoms with E-state index in [1.165, 1.54) is 11.1 Å². The van der Waals surface area contributed by atoms with Crippen LogP contribution < -0.4 is 4.74 Å². The predicted octanol–water partition coefficient (Wildman–Crippen LogP) is 4.16. The molecule has 2 aromatic rings. The van der Waals surface area contributed by atoms with E-state index in [1.807, 2.05) is 6.07 Å². The third kappa shape index (κ3) is 2.24. The summed E-state index contributed by atoms with van der Waals surface area (Å²) in [5, 5.41) is 0. The molecule has 2 aromatic carbocycles. The highest BCUT2D eigenvalue weighted by molar-refractivity contribution is 5.37. The molecule has 19 heavy (non-hydrogen) atoms. The number of rotatable bonds is 2. The second-order valence-electron chi connectivity index (χ2n) is 5.09. The van der Waals surface area contributed by atoms with Gasteiger partial charge in [0, 0.05) is 17.6 Å². The second-order valence-corrected chi connectivity index (χ2v) is 5.09. The molecule has 2 heteroatoms. The Morgan fingerprint density at radius 2 is 1.74 bits per heavy atom. The van der Waals surface area contributed by atoms with E-state index in [4.69, 9.17) is 4.74 Å². The van der Waals surface area contributed by atoms with Crippen molar-refractivity contribution in [1.29, 1.82) is 0 Å². The van der Waals surface area contributed by atoms with E-state index >= 15 is 0 Å². The van der Waals surface area contributed by atoms with Gasteiger partial charge in [-0.25, -0.2) is 0 Å². The van der Waals surface area contributed by atoms with Gasteiger partial charge in [-0.1, -0.05) is 48.5 Å². The first-order chi connectivity index (χ1) is 9.27. The first-order valence-electron chi connectivity index (χ1n) is 6.80. The fourth-order valence-electron chi connectivity index (χ4n) is 2.76. The molecule has 2 nitrogen and oxygen atoms in total. The number of fused-ring (bicyclic) bond motifs is 1. The van der Waals surface area contributed by atoms with Crippen LogP contribution in [0.5, 0.6) is 5.75 Å². The SMILES string of the molecule is C[C@H](c1ccccc1)N1COc2ccccc2[C@@H]1C. The molecule has 1 aliphatic rings. The van der Waals surface area contributed by atoms with Crippen molar-refractivity contribution in [3.8, 4) is 5.75 Å². The third-order valence-electron chi connectivity index (χ3n) is 4.02. The minimum Gasteiger partial charge on any atom is -0.478 e. The lowest BCUT2D eigenvalue weighted by atomic mass is 10.00. The Morgan fingerprint density at radius 1 is 1.05 bits per heavy atom. The van der Waals surface area contributed by atoms with Crippen LogP contribution >= 0.6 is 0 Å². The van der Waals surface area contributed by atoms with Crippen LogP contribution in [0.25, 0.3) is 0 Å². The summed E-state index contributed by atoms with van der Waals surface area (Å²) >= 11 is 0. The molecule has 0 spiro atoms. The van der Waals surface area contributed by atoms with E-state index in [9.17, 15) is 0 Å². The van der Waals surface area contributed by atoms with Crippen LogP contribution in [-0.2, 0) is 0 Å². The van der Waals surface area contributed by atoms with E-state index in [0.29, 0.717) is 18.8 Å². The lowest BCUT2D eigenvalue weighted by Gasteiger charge is -2.39. The molecule has 98 valence electrons. The van der Waals surface area contributed by atoms with Crippen molar-refractivity contribution in [2.75, 3.05) is 6.73 Å². The average molecular weight is 253 g/mol. The van der Waals surface area contributed by atoms with Crippen LogP contribution in [0.15, 0.2) is 54.6 Å². The topological polar surface area (TPSA) is 12.5 Å². The zero-order valence-electron chi connectivity index (χ0n) is 11.4. The quantitative estimate of drug-likeness (QED) is 0.796. The van der Waals surface area contributed by atoms with E-state index in [1.54, 1.807) is 0 Å². The number of benzene rings is 2. The van der Waals surface area contributed by atoms with Crippen LogP contribution in [0.2, 0.25) is 0 Å². The summed E-state index contributed by atoms with van der Waals surface area (Å²) in [6.07, 6.45) is 0. The third-order valence-corrected chi connectivity index (χ3v) is 4.02. The number of hydrogen-bond donors (Lipinski definition) is 0. The molecule has 0 unspecified atom stereocenters. The second kappa shape index (κ2) is 5.06. The van der Waals surface area contributed by atoms with Gasteiger partial charge in [0.05, 0.1) is 0 Å². The molecular formula is C17H19NO. The minimum atomic E-state index is 0.351. The van der Waals surface area contributed by atoms with Crippen molar-refractivity contribution < 1.29 is 4.74 Å². The monoisotopic (exact) mass is 253 g/mol. The maximum atomic E-state index is 5.88. The van der Waals surface area contributed by atoms with Gasteiger partial charge >= 0.3 is 0 Å². The Morgan fingerprint density at radius 3 is 2.53 bits per heavy atom. The zero-order valence-corrected chi connectivity index (χ0v) is 11.4. The smallest absolute Gasteiger partial charge is 0.143 e. The number of para-hydroxylation sites is 1. The number of hydrogen-bond acceptors (Lipinski definition) is 2. The first-order valence-corrected chi connectivity index (χ1v) is 6.80. The van der Waals surface area contributed by atoms with Crippen molar-refractivity contribution in [3.05, 3.63) is 65.7 Å². The van der Waals surface area contributed by atoms with Crippen LogP contribution in [0.3, 0.4) is 0 Å². The summed E-state index contributed by atoms with van der Waals surface area (Å²) in [6, 6.07) is 19.6.